The molecule has 0 saturated carbocycles. The number of phenolic OH excluding ortho intramolecular Hbond substituents is 1. The van der Waals surface area contributed by atoms with Crippen LogP contribution in [0.5, 0.6) is 23.0 Å². The van der Waals surface area contributed by atoms with Crippen LogP contribution in [-0.4, -0.2) is 47.7 Å². The van der Waals surface area contributed by atoms with Gasteiger partial charge >= 0.3 is 5.24 Å². The van der Waals surface area contributed by atoms with Crippen molar-refractivity contribution in [2.45, 2.75) is 19.4 Å². The first-order chi connectivity index (χ1) is 18.5. The Balaban J connectivity index is 1.54. The van der Waals surface area contributed by atoms with E-state index >= 15 is 0 Å². The van der Waals surface area contributed by atoms with Gasteiger partial charge in [-0.25, -0.2) is 5.01 Å². The van der Waals surface area contributed by atoms with Crippen molar-refractivity contribution in [2.75, 3.05) is 20.8 Å². The van der Waals surface area contributed by atoms with Crippen LogP contribution in [0.2, 0.25) is 0 Å². The molecule has 3 aromatic carbocycles. The number of rotatable bonds is 7. The molecule has 194 valence electrons. The van der Waals surface area contributed by atoms with Gasteiger partial charge in [0.25, 0.3) is 0 Å². The molecule has 8 nitrogen and oxygen atoms in total. The molecule has 0 fully saturated rings. The Kier molecular flexibility index (Phi) is 7.37. The third-order valence-electron chi connectivity index (χ3n) is 6.25. The van der Waals surface area contributed by atoms with Crippen molar-refractivity contribution in [3.05, 3.63) is 88.3 Å². The number of phenols is 1. The van der Waals surface area contributed by atoms with Gasteiger partial charge in [0.05, 0.1) is 37.5 Å². The summed E-state index contributed by atoms with van der Waals surface area (Å²) in [5, 5.41) is 16.6. The van der Waals surface area contributed by atoms with E-state index < -0.39 is 0 Å². The fraction of sp³-hybridized carbons (Fsp3) is 0.207. The number of carbonyl (C=O) groups excluding carboxylic acids is 1. The van der Waals surface area contributed by atoms with Crippen LogP contribution in [-0.2, 0) is 0 Å². The van der Waals surface area contributed by atoms with E-state index in [0.29, 0.717) is 29.5 Å². The summed E-state index contributed by atoms with van der Waals surface area (Å²) in [4.78, 5) is 17.6. The molecule has 0 aromatic heterocycles. The fourth-order valence-electron chi connectivity index (χ4n) is 4.35. The average molecular weight is 530 g/mol. The van der Waals surface area contributed by atoms with E-state index in [0.717, 1.165) is 45.7 Å². The summed E-state index contributed by atoms with van der Waals surface area (Å²) in [6.45, 7) is 2.28. The van der Waals surface area contributed by atoms with Gasteiger partial charge in [0, 0.05) is 6.42 Å². The van der Waals surface area contributed by atoms with Crippen molar-refractivity contribution in [2.24, 2.45) is 10.1 Å². The standard InChI is InChI=1S/C29H27N3O5S/c1-4-37-26-15-18(5-14-25(26)33)16-27-28(30-29(34)38-27)32-24(20-8-12-22(36-3)13-9-20)17-23(31-32)19-6-10-21(35-2)11-7-19/h5-16,24,33H,4,17H2,1-3H3/b27-16-. The second kappa shape index (κ2) is 11.0. The molecule has 0 spiro atoms. The number of hydrogen-bond donors (Lipinski definition) is 1. The summed E-state index contributed by atoms with van der Waals surface area (Å²) in [6.07, 6.45) is 2.49. The smallest absolute Gasteiger partial charge is 0.311 e. The topological polar surface area (TPSA) is 93.0 Å². The van der Waals surface area contributed by atoms with Crippen LogP contribution in [0.1, 0.15) is 36.1 Å². The first-order valence-electron chi connectivity index (χ1n) is 12.1. The normalized spacial score (nSPS) is 18.0. The molecule has 5 rings (SSSR count). The summed E-state index contributed by atoms with van der Waals surface area (Å²) >= 11 is 1.05. The molecule has 2 aliphatic heterocycles. The molecule has 2 aliphatic rings. The van der Waals surface area contributed by atoms with Gasteiger partial charge in [0.2, 0.25) is 0 Å². The van der Waals surface area contributed by atoms with E-state index in [1.807, 2.05) is 66.5 Å². The van der Waals surface area contributed by atoms with Crippen molar-refractivity contribution in [1.82, 2.24) is 5.01 Å². The molecule has 1 N–H and O–H groups in total. The zero-order valence-electron chi connectivity index (χ0n) is 21.2. The molecule has 0 aliphatic carbocycles. The van der Waals surface area contributed by atoms with Crippen LogP contribution < -0.4 is 14.2 Å². The van der Waals surface area contributed by atoms with Crippen molar-refractivity contribution in [1.29, 1.82) is 0 Å². The summed E-state index contributed by atoms with van der Waals surface area (Å²) in [7, 11) is 3.27. The van der Waals surface area contributed by atoms with E-state index in [9.17, 15) is 9.90 Å². The summed E-state index contributed by atoms with van der Waals surface area (Å²) in [6, 6.07) is 20.5. The molecule has 1 unspecified atom stereocenters. The maximum atomic E-state index is 12.5. The van der Waals surface area contributed by atoms with Gasteiger partial charge in [0.1, 0.15) is 11.5 Å². The second-order valence-corrected chi connectivity index (χ2v) is 9.58. The Morgan fingerprint density at radius 1 is 1.03 bits per heavy atom. The minimum atomic E-state index is -0.309. The molecule has 0 bridgehead atoms. The minimum absolute atomic E-state index is 0.0610. The third-order valence-corrected chi connectivity index (χ3v) is 7.03. The maximum absolute atomic E-state index is 12.5. The van der Waals surface area contributed by atoms with E-state index in [4.69, 9.17) is 19.3 Å². The number of thioether (sulfide) groups is 1. The van der Waals surface area contributed by atoms with E-state index in [1.54, 1.807) is 32.4 Å². The first kappa shape index (κ1) is 25.4. The molecule has 1 atom stereocenters. The third kappa shape index (κ3) is 5.24. The number of carbonyl (C=O) groups is 1. The number of amidine groups is 1. The highest BCUT2D eigenvalue weighted by molar-refractivity contribution is 8.18. The van der Waals surface area contributed by atoms with E-state index in [-0.39, 0.29) is 17.0 Å². The lowest BCUT2D eigenvalue weighted by Gasteiger charge is -2.24. The monoisotopic (exact) mass is 529 g/mol. The number of aromatic hydroxyl groups is 1. The Morgan fingerprint density at radius 2 is 1.71 bits per heavy atom. The van der Waals surface area contributed by atoms with Crippen LogP contribution in [0.3, 0.4) is 0 Å². The number of ether oxygens (including phenoxy) is 3. The molecule has 2 heterocycles. The van der Waals surface area contributed by atoms with Crippen molar-refractivity contribution < 1.29 is 24.1 Å². The second-order valence-electron chi connectivity index (χ2n) is 8.58. The Bertz CT molecular complexity index is 1430. The fourth-order valence-corrected chi connectivity index (χ4v) is 5.10. The summed E-state index contributed by atoms with van der Waals surface area (Å²) in [5.74, 6) is 2.45. The predicted molar refractivity (Wildman–Crippen MR) is 149 cm³/mol. The number of nitrogens with zero attached hydrogens (tertiary/aromatic N) is 3. The maximum Gasteiger partial charge on any atom is 0.311 e. The minimum Gasteiger partial charge on any atom is -0.504 e. The number of hydrazone groups is 1. The van der Waals surface area contributed by atoms with Crippen molar-refractivity contribution in [3.63, 3.8) is 0 Å². The van der Waals surface area contributed by atoms with E-state index in [2.05, 4.69) is 4.99 Å². The lowest BCUT2D eigenvalue weighted by molar-refractivity contribution is 0.267. The molecule has 1 amide bonds. The number of hydrogen-bond acceptors (Lipinski definition) is 8. The lowest BCUT2D eigenvalue weighted by Crippen LogP contribution is -2.26. The Hall–Kier alpha value is -4.24. The number of amides is 1. The molecule has 9 heteroatoms. The van der Waals surface area contributed by atoms with Crippen LogP contribution >= 0.6 is 11.8 Å². The van der Waals surface area contributed by atoms with Crippen LogP contribution in [0, 0.1) is 0 Å². The number of benzene rings is 3. The Morgan fingerprint density at radius 3 is 2.37 bits per heavy atom. The van der Waals surface area contributed by atoms with Gasteiger partial charge in [-0.15, -0.1) is 0 Å². The molecular formula is C29H27N3O5S. The first-order valence-corrected chi connectivity index (χ1v) is 12.9. The zero-order chi connectivity index (χ0) is 26.6. The van der Waals surface area contributed by atoms with Crippen LogP contribution in [0.15, 0.2) is 81.7 Å². The number of aliphatic imine (C=N–C) groups is 1. The van der Waals surface area contributed by atoms with Gasteiger partial charge in [-0.05, 0) is 90.0 Å². The highest BCUT2D eigenvalue weighted by Crippen LogP contribution is 2.40. The molecule has 38 heavy (non-hydrogen) atoms. The predicted octanol–water partition coefficient (Wildman–Crippen LogP) is 6.27. The lowest BCUT2D eigenvalue weighted by atomic mass is 9.98. The molecular weight excluding hydrogens is 502 g/mol. The quantitative estimate of drug-likeness (QED) is 0.386. The van der Waals surface area contributed by atoms with Gasteiger partial charge in [-0.1, -0.05) is 18.2 Å². The molecule has 0 radical (unpaired) electrons. The highest BCUT2D eigenvalue weighted by atomic mass is 32.2. The number of methoxy groups -OCH3 is 2. The average Bonchev–Trinajstić information content (AvgIpc) is 3.54. The van der Waals surface area contributed by atoms with Crippen LogP contribution in [0.25, 0.3) is 6.08 Å². The Labute approximate surface area is 225 Å². The van der Waals surface area contributed by atoms with Gasteiger partial charge in [-0.2, -0.15) is 10.1 Å². The van der Waals surface area contributed by atoms with Crippen LogP contribution in [0.4, 0.5) is 4.79 Å². The van der Waals surface area contributed by atoms with E-state index in [1.165, 1.54) is 0 Å². The van der Waals surface area contributed by atoms with Gasteiger partial charge in [-0.3, -0.25) is 4.79 Å². The largest absolute Gasteiger partial charge is 0.504 e. The molecule has 0 saturated heterocycles. The van der Waals surface area contributed by atoms with Gasteiger partial charge < -0.3 is 19.3 Å². The van der Waals surface area contributed by atoms with Gasteiger partial charge in [0.15, 0.2) is 17.3 Å². The zero-order valence-corrected chi connectivity index (χ0v) is 22.1. The highest BCUT2D eigenvalue weighted by Gasteiger charge is 2.37. The summed E-state index contributed by atoms with van der Waals surface area (Å²) in [5.41, 5.74) is 3.64. The SMILES string of the molecule is CCOc1cc(/C=C2\SC(=O)N=C2N2N=C(c3ccc(OC)cc3)CC2c2ccc(OC)cc2)ccc1O. The summed E-state index contributed by atoms with van der Waals surface area (Å²) < 4.78 is 16.2. The molecule has 3 aromatic rings. The van der Waals surface area contributed by atoms with Crippen molar-refractivity contribution >= 4 is 34.6 Å². The van der Waals surface area contributed by atoms with Crippen molar-refractivity contribution in [3.8, 4) is 23.0 Å².